The Bertz CT molecular complexity index is 1190. The van der Waals surface area contributed by atoms with Crippen molar-refractivity contribution in [3.8, 4) is 5.75 Å². The molecular weight excluding hydrogens is 479 g/mol. The Hall–Kier alpha value is -2.51. The molecule has 2 aromatic heterocycles. The largest absolute Gasteiger partial charge is 0.507 e. The number of esters is 1. The lowest BCUT2D eigenvalue weighted by molar-refractivity contribution is 0.0461. The van der Waals surface area contributed by atoms with Crippen molar-refractivity contribution in [1.29, 1.82) is 0 Å². The first kappa shape index (κ1) is 22.2. The van der Waals surface area contributed by atoms with Crippen LogP contribution in [0.3, 0.4) is 0 Å². The fourth-order valence-corrected chi connectivity index (χ4v) is 5.26. The predicted molar refractivity (Wildman–Crippen MR) is 111 cm³/mol. The number of ether oxygens (including phenoxy) is 1. The highest BCUT2D eigenvalue weighted by atomic mass is 35.5. The summed E-state index contributed by atoms with van der Waals surface area (Å²) < 4.78 is 33.7. The molecule has 0 amide bonds. The number of phenols is 1. The Morgan fingerprint density at radius 2 is 2.07 bits per heavy atom. The molecule has 0 aliphatic carbocycles. The van der Waals surface area contributed by atoms with Gasteiger partial charge in [-0.05, 0) is 18.2 Å². The molecule has 4 N–H and O–H groups in total. The number of hydrogen-bond acceptors (Lipinski definition) is 9. The molecule has 0 saturated carbocycles. The molecule has 0 radical (unpaired) electrons. The molecule has 2 heterocycles. The normalized spacial score (nSPS) is 11.3. The van der Waals surface area contributed by atoms with Gasteiger partial charge < -0.3 is 14.4 Å². The van der Waals surface area contributed by atoms with E-state index in [0.29, 0.717) is 5.69 Å². The van der Waals surface area contributed by atoms with Crippen LogP contribution < -0.4 is 10.2 Å². The van der Waals surface area contributed by atoms with E-state index in [1.54, 1.807) is 7.05 Å². The van der Waals surface area contributed by atoms with Gasteiger partial charge in [0.05, 0.1) is 22.6 Å². The van der Waals surface area contributed by atoms with Crippen LogP contribution in [0.1, 0.15) is 16.1 Å². The molecule has 0 fully saturated rings. The summed E-state index contributed by atoms with van der Waals surface area (Å²) in [7, 11) is -2.38. The lowest BCUT2D eigenvalue weighted by Crippen LogP contribution is -2.12. The van der Waals surface area contributed by atoms with Gasteiger partial charge in [0.1, 0.15) is 26.5 Å². The number of benzene rings is 1. The van der Waals surface area contributed by atoms with E-state index in [0.717, 1.165) is 17.4 Å². The fourth-order valence-electron chi connectivity index (χ4n) is 2.33. The summed E-state index contributed by atoms with van der Waals surface area (Å²) in [4.78, 5) is 16.1. The summed E-state index contributed by atoms with van der Waals surface area (Å²) in [5, 5.41) is 19.1. The fraction of sp³-hybridized carbons (Fsp3) is 0.125. The molecule has 0 aliphatic heterocycles. The van der Waals surface area contributed by atoms with Crippen molar-refractivity contribution in [2.45, 2.75) is 10.8 Å². The van der Waals surface area contributed by atoms with Gasteiger partial charge in [0.25, 0.3) is 10.0 Å². The van der Waals surface area contributed by atoms with E-state index in [2.05, 4.69) is 9.71 Å². The Labute approximate surface area is 184 Å². The van der Waals surface area contributed by atoms with Crippen LogP contribution in [-0.4, -0.2) is 34.3 Å². The van der Waals surface area contributed by atoms with Crippen LogP contribution in [-0.2, 0) is 28.4 Å². The highest BCUT2D eigenvalue weighted by Gasteiger charge is 2.21. The number of anilines is 2. The van der Waals surface area contributed by atoms with E-state index < -0.39 is 21.7 Å². The van der Waals surface area contributed by atoms with Gasteiger partial charge in [-0.3, -0.25) is 9.93 Å². The molecule has 0 saturated heterocycles. The SMILES string of the molecule is Cn1c(COC(=O)c2ccc(NS(=O)(=O)c3cc(Cl)c(Cl)s3)cc2O)cnc1NO. The number of imidazole rings is 1. The zero-order valence-electron chi connectivity index (χ0n) is 15.1. The Kier molecular flexibility index (Phi) is 6.43. The maximum absolute atomic E-state index is 12.4. The summed E-state index contributed by atoms with van der Waals surface area (Å²) in [6, 6.07) is 4.79. The summed E-state index contributed by atoms with van der Waals surface area (Å²) >= 11 is 12.4. The van der Waals surface area contributed by atoms with Gasteiger partial charge in [0.15, 0.2) is 0 Å². The number of aromatic hydroxyl groups is 1. The molecule has 0 bridgehead atoms. The van der Waals surface area contributed by atoms with Gasteiger partial charge in [-0.15, -0.1) is 11.3 Å². The summed E-state index contributed by atoms with van der Waals surface area (Å²) in [5.41, 5.74) is 2.23. The molecule has 0 unspecified atom stereocenters. The smallest absolute Gasteiger partial charge is 0.342 e. The number of hydrogen-bond donors (Lipinski definition) is 4. The van der Waals surface area contributed by atoms with Crippen LogP contribution in [0.5, 0.6) is 5.75 Å². The lowest BCUT2D eigenvalue weighted by atomic mass is 10.2. The van der Waals surface area contributed by atoms with Crippen LogP contribution in [0.25, 0.3) is 0 Å². The van der Waals surface area contributed by atoms with E-state index in [9.17, 15) is 18.3 Å². The van der Waals surface area contributed by atoms with E-state index in [-0.39, 0.29) is 37.4 Å². The van der Waals surface area contributed by atoms with E-state index in [1.807, 2.05) is 5.48 Å². The van der Waals surface area contributed by atoms with Crippen LogP contribution >= 0.6 is 34.5 Å². The second kappa shape index (κ2) is 8.70. The monoisotopic (exact) mass is 492 g/mol. The van der Waals surface area contributed by atoms with Gasteiger partial charge in [-0.1, -0.05) is 23.2 Å². The van der Waals surface area contributed by atoms with E-state index >= 15 is 0 Å². The van der Waals surface area contributed by atoms with Crippen LogP contribution in [0.4, 0.5) is 11.6 Å². The van der Waals surface area contributed by atoms with Crippen molar-refractivity contribution in [2.75, 3.05) is 10.2 Å². The van der Waals surface area contributed by atoms with Crippen molar-refractivity contribution in [3.63, 3.8) is 0 Å². The third kappa shape index (κ3) is 4.63. The van der Waals surface area contributed by atoms with Gasteiger partial charge in [-0.25, -0.2) is 23.7 Å². The number of nitrogens with one attached hydrogen (secondary N) is 2. The quantitative estimate of drug-likeness (QED) is 0.290. The maximum Gasteiger partial charge on any atom is 0.342 e. The minimum absolute atomic E-state index is 0.0231. The van der Waals surface area contributed by atoms with Crippen molar-refractivity contribution >= 4 is 62.2 Å². The van der Waals surface area contributed by atoms with Gasteiger partial charge in [0, 0.05) is 13.1 Å². The number of sulfonamides is 1. The number of thiophene rings is 1. The molecule has 3 aromatic rings. The second-order valence-electron chi connectivity index (χ2n) is 5.84. The Morgan fingerprint density at radius 1 is 1.33 bits per heavy atom. The van der Waals surface area contributed by atoms with Gasteiger partial charge in [0.2, 0.25) is 5.95 Å². The molecule has 160 valence electrons. The van der Waals surface area contributed by atoms with Crippen LogP contribution in [0.15, 0.2) is 34.7 Å². The molecule has 3 rings (SSSR count). The third-order valence-electron chi connectivity index (χ3n) is 3.89. The van der Waals surface area contributed by atoms with Gasteiger partial charge in [-0.2, -0.15) is 0 Å². The third-order valence-corrected chi connectivity index (χ3v) is 7.61. The predicted octanol–water partition coefficient (Wildman–Crippen LogP) is 3.45. The Morgan fingerprint density at radius 3 is 2.63 bits per heavy atom. The second-order valence-corrected chi connectivity index (χ2v) is 9.82. The first-order chi connectivity index (χ1) is 14.1. The van der Waals surface area contributed by atoms with Crippen molar-refractivity contribution in [1.82, 2.24) is 9.55 Å². The number of aromatic nitrogens is 2. The van der Waals surface area contributed by atoms with Gasteiger partial charge >= 0.3 is 5.97 Å². The zero-order valence-corrected chi connectivity index (χ0v) is 18.2. The number of carbonyl (C=O) groups excluding carboxylic acids is 1. The summed E-state index contributed by atoms with van der Waals surface area (Å²) in [6.45, 7) is -0.169. The Balaban J connectivity index is 1.71. The van der Waals surface area contributed by atoms with E-state index in [1.165, 1.54) is 29.0 Å². The highest BCUT2D eigenvalue weighted by Crippen LogP contribution is 2.35. The average Bonchev–Trinajstić information content (AvgIpc) is 3.21. The minimum Gasteiger partial charge on any atom is -0.507 e. The highest BCUT2D eigenvalue weighted by molar-refractivity contribution is 7.94. The molecule has 0 spiro atoms. The first-order valence-corrected chi connectivity index (χ1v) is 11.1. The molecule has 0 atom stereocenters. The maximum atomic E-state index is 12.4. The standard InChI is InChI=1S/C16H14Cl2N4O6S2/c1-22-9(6-19-16(22)20-25)7-28-15(24)10-3-2-8(4-12(10)23)21-30(26,27)13-5-11(17)14(18)29-13/h2-6,21,23,25H,7H2,1H3,(H,19,20). The molecule has 14 heteroatoms. The zero-order chi connectivity index (χ0) is 22.1. The number of phenolic OH excluding ortho intramolecular Hbond substituents is 1. The van der Waals surface area contributed by atoms with Crippen LogP contribution in [0, 0.1) is 0 Å². The first-order valence-electron chi connectivity index (χ1n) is 8.01. The van der Waals surface area contributed by atoms with Crippen molar-refractivity contribution in [2.24, 2.45) is 7.05 Å². The van der Waals surface area contributed by atoms with E-state index in [4.69, 9.17) is 33.1 Å². The summed E-state index contributed by atoms with van der Waals surface area (Å²) in [5.74, 6) is -1.16. The summed E-state index contributed by atoms with van der Waals surface area (Å²) in [6.07, 6.45) is 1.40. The number of rotatable bonds is 7. The molecule has 10 nitrogen and oxygen atoms in total. The van der Waals surface area contributed by atoms with Crippen molar-refractivity contribution < 1.29 is 28.3 Å². The minimum atomic E-state index is -3.98. The molecule has 0 aliphatic rings. The number of halogens is 2. The average molecular weight is 493 g/mol. The topological polar surface area (TPSA) is 143 Å². The lowest BCUT2D eigenvalue weighted by Gasteiger charge is -2.10. The molecular formula is C16H14Cl2N4O6S2. The molecule has 30 heavy (non-hydrogen) atoms. The molecule has 1 aromatic carbocycles. The van der Waals surface area contributed by atoms with Crippen LogP contribution in [0.2, 0.25) is 9.36 Å². The number of carbonyl (C=O) groups is 1. The van der Waals surface area contributed by atoms with Crippen molar-refractivity contribution in [3.05, 3.63) is 51.1 Å². The number of nitrogens with zero attached hydrogens (tertiary/aromatic N) is 2.